The number of hydrogen-bond donors (Lipinski definition) is 2. The molecule has 0 spiro atoms. The highest BCUT2D eigenvalue weighted by molar-refractivity contribution is 5.35. The average molecular weight is 219 g/mol. The number of aliphatic hydroxyl groups excluding tert-OH is 1. The Morgan fingerprint density at radius 3 is 2.44 bits per heavy atom. The Labute approximate surface area is 97.5 Å². The molecular weight excluding hydrogens is 198 g/mol. The number of hydrogen-bond acceptors (Lipinski definition) is 2. The Morgan fingerprint density at radius 2 is 1.81 bits per heavy atom. The first kappa shape index (κ1) is 11.6. The smallest absolute Gasteiger partial charge is 0.0765 e. The molecule has 2 heteroatoms. The first-order valence-electron chi connectivity index (χ1n) is 6.20. The molecule has 1 aromatic rings. The van der Waals surface area contributed by atoms with E-state index in [1.165, 1.54) is 19.3 Å². The molecule has 0 aliphatic heterocycles. The van der Waals surface area contributed by atoms with Gasteiger partial charge in [-0.1, -0.05) is 43.5 Å². The lowest BCUT2D eigenvalue weighted by Gasteiger charge is -2.36. The fourth-order valence-electron chi connectivity index (χ4n) is 2.77. The highest BCUT2D eigenvalue weighted by Crippen LogP contribution is 2.37. The van der Waals surface area contributed by atoms with Gasteiger partial charge in [-0.3, -0.25) is 0 Å². The molecule has 16 heavy (non-hydrogen) atoms. The molecule has 1 aromatic carbocycles. The van der Waals surface area contributed by atoms with Gasteiger partial charge >= 0.3 is 0 Å². The van der Waals surface area contributed by atoms with E-state index in [0.29, 0.717) is 0 Å². The maximum atomic E-state index is 9.79. The normalized spacial score (nSPS) is 21.7. The Bertz CT molecular complexity index is 354. The van der Waals surface area contributed by atoms with Crippen LogP contribution in [0.2, 0.25) is 0 Å². The Morgan fingerprint density at radius 1 is 1.19 bits per heavy atom. The zero-order chi connectivity index (χ0) is 11.6. The zero-order valence-corrected chi connectivity index (χ0v) is 9.95. The maximum absolute atomic E-state index is 9.79. The minimum Gasteiger partial charge on any atom is -0.389 e. The fourth-order valence-corrected chi connectivity index (χ4v) is 2.77. The monoisotopic (exact) mass is 219 g/mol. The number of benzene rings is 1. The summed E-state index contributed by atoms with van der Waals surface area (Å²) in [6.45, 7) is 1.81. The summed E-state index contributed by atoms with van der Waals surface area (Å²) in [7, 11) is 0. The van der Waals surface area contributed by atoms with Crippen LogP contribution in [0, 0.1) is 0 Å². The molecule has 1 fully saturated rings. The van der Waals surface area contributed by atoms with Gasteiger partial charge in [0.15, 0.2) is 0 Å². The predicted octanol–water partition coefficient (Wildman–Crippen LogP) is 2.86. The third-order valence-electron chi connectivity index (χ3n) is 3.69. The summed E-state index contributed by atoms with van der Waals surface area (Å²) in [5, 5.41) is 9.79. The molecule has 0 heterocycles. The van der Waals surface area contributed by atoms with E-state index in [2.05, 4.69) is 6.07 Å². The molecule has 1 aliphatic carbocycles. The van der Waals surface area contributed by atoms with Crippen molar-refractivity contribution in [2.24, 2.45) is 5.73 Å². The fraction of sp³-hybridized carbons (Fsp3) is 0.571. The minimum absolute atomic E-state index is 0.216. The zero-order valence-electron chi connectivity index (χ0n) is 9.95. The number of rotatable bonds is 2. The second-order valence-corrected chi connectivity index (χ2v) is 4.98. The van der Waals surface area contributed by atoms with Crippen LogP contribution >= 0.6 is 0 Å². The van der Waals surface area contributed by atoms with Crippen LogP contribution in [0.1, 0.15) is 56.3 Å². The Hall–Kier alpha value is -0.860. The van der Waals surface area contributed by atoms with Crippen molar-refractivity contribution in [3.8, 4) is 0 Å². The van der Waals surface area contributed by atoms with Crippen LogP contribution in [-0.4, -0.2) is 5.11 Å². The molecule has 2 rings (SSSR count). The van der Waals surface area contributed by atoms with E-state index in [1.807, 2.05) is 25.1 Å². The Kier molecular flexibility index (Phi) is 3.31. The quantitative estimate of drug-likeness (QED) is 0.803. The SMILES string of the molecule is CC(O)c1ccccc1C1(N)CCCCC1. The van der Waals surface area contributed by atoms with E-state index in [9.17, 15) is 5.11 Å². The van der Waals surface area contributed by atoms with Crippen LogP contribution in [0.25, 0.3) is 0 Å². The molecule has 1 aliphatic rings. The largest absolute Gasteiger partial charge is 0.389 e. The number of aliphatic hydroxyl groups is 1. The maximum Gasteiger partial charge on any atom is 0.0765 e. The summed E-state index contributed by atoms with van der Waals surface area (Å²) in [5.74, 6) is 0. The minimum atomic E-state index is -0.432. The first-order chi connectivity index (χ1) is 7.63. The third kappa shape index (κ3) is 2.13. The van der Waals surface area contributed by atoms with Gasteiger partial charge in [0.25, 0.3) is 0 Å². The van der Waals surface area contributed by atoms with Crippen molar-refractivity contribution in [3.05, 3.63) is 35.4 Å². The van der Waals surface area contributed by atoms with Gasteiger partial charge in [0.05, 0.1) is 6.10 Å². The van der Waals surface area contributed by atoms with E-state index >= 15 is 0 Å². The standard InChI is InChI=1S/C14H21NO/c1-11(16)12-7-3-4-8-13(12)14(15)9-5-2-6-10-14/h3-4,7-8,11,16H,2,5-6,9-10,15H2,1H3. The van der Waals surface area contributed by atoms with Crippen molar-refractivity contribution in [2.45, 2.75) is 50.7 Å². The summed E-state index contributed by atoms with van der Waals surface area (Å²) in [6, 6.07) is 8.05. The predicted molar refractivity (Wildman–Crippen MR) is 66.0 cm³/mol. The van der Waals surface area contributed by atoms with E-state index < -0.39 is 6.10 Å². The molecule has 0 radical (unpaired) electrons. The molecule has 0 aromatic heterocycles. The molecule has 0 saturated heterocycles. The molecule has 1 unspecified atom stereocenters. The lowest BCUT2D eigenvalue weighted by Crippen LogP contribution is -2.39. The van der Waals surface area contributed by atoms with E-state index in [4.69, 9.17) is 5.73 Å². The molecule has 1 saturated carbocycles. The molecule has 3 N–H and O–H groups in total. The summed E-state index contributed by atoms with van der Waals surface area (Å²) in [6.07, 6.45) is 5.33. The van der Waals surface area contributed by atoms with Crippen molar-refractivity contribution >= 4 is 0 Å². The first-order valence-corrected chi connectivity index (χ1v) is 6.20. The van der Waals surface area contributed by atoms with Crippen LogP contribution in [-0.2, 0) is 5.54 Å². The van der Waals surface area contributed by atoms with Crippen molar-refractivity contribution in [1.29, 1.82) is 0 Å². The van der Waals surface area contributed by atoms with Gasteiger partial charge in [0, 0.05) is 5.54 Å². The highest BCUT2D eigenvalue weighted by atomic mass is 16.3. The van der Waals surface area contributed by atoms with Gasteiger partial charge in [0.2, 0.25) is 0 Å². The van der Waals surface area contributed by atoms with E-state index in [1.54, 1.807) is 0 Å². The summed E-state index contributed by atoms with van der Waals surface area (Å²) >= 11 is 0. The van der Waals surface area contributed by atoms with Crippen molar-refractivity contribution < 1.29 is 5.11 Å². The van der Waals surface area contributed by atoms with Gasteiger partial charge in [-0.15, -0.1) is 0 Å². The molecule has 0 bridgehead atoms. The molecular formula is C14H21NO. The van der Waals surface area contributed by atoms with E-state index in [-0.39, 0.29) is 5.54 Å². The van der Waals surface area contributed by atoms with Gasteiger partial charge in [-0.25, -0.2) is 0 Å². The average Bonchev–Trinajstić information content (AvgIpc) is 2.30. The van der Waals surface area contributed by atoms with Gasteiger partial charge in [-0.2, -0.15) is 0 Å². The van der Waals surface area contributed by atoms with Crippen molar-refractivity contribution in [3.63, 3.8) is 0 Å². The topological polar surface area (TPSA) is 46.2 Å². The van der Waals surface area contributed by atoms with Crippen molar-refractivity contribution in [1.82, 2.24) is 0 Å². The second kappa shape index (κ2) is 4.56. The number of nitrogens with two attached hydrogens (primary N) is 1. The lowest BCUT2D eigenvalue weighted by molar-refractivity contribution is 0.192. The summed E-state index contributed by atoms with van der Waals surface area (Å²) in [5.41, 5.74) is 8.43. The van der Waals surface area contributed by atoms with Crippen LogP contribution in [0.5, 0.6) is 0 Å². The molecule has 1 atom stereocenters. The van der Waals surface area contributed by atoms with Crippen LogP contribution in [0.15, 0.2) is 24.3 Å². The van der Waals surface area contributed by atoms with Crippen LogP contribution < -0.4 is 5.73 Å². The van der Waals surface area contributed by atoms with E-state index in [0.717, 1.165) is 24.0 Å². The van der Waals surface area contributed by atoms with Crippen molar-refractivity contribution in [2.75, 3.05) is 0 Å². The summed E-state index contributed by atoms with van der Waals surface area (Å²) in [4.78, 5) is 0. The van der Waals surface area contributed by atoms with Gasteiger partial charge in [-0.05, 0) is 30.9 Å². The Balaban J connectivity index is 2.38. The van der Waals surface area contributed by atoms with Gasteiger partial charge in [0.1, 0.15) is 0 Å². The third-order valence-corrected chi connectivity index (χ3v) is 3.69. The second-order valence-electron chi connectivity index (χ2n) is 4.98. The van der Waals surface area contributed by atoms with Crippen LogP contribution in [0.4, 0.5) is 0 Å². The lowest BCUT2D eigenvalue weighted by atomic mass is 9.75. The molecule has 88 valence electrons. The van der Waals surface area contributed by atoms with Gasteiger partial charge < -0.3 is 10.8 Å². The molecule has 2 nitrogen and oxygen atoms in total. The highest BCUT2D eigenvalue weighted by Gasteiger charge is 2.31. The molecule has 0 amide bonds. The summed E-state index contributed by atoms with van der Waals surface area (Å²) < 4.78 is 0. The van der Waals surface area contributed by atoms with Crippen LogP contribution in [0.3, 0.4) is 0 Å².